The number of para-hydroxylation sites is 2. The fraction of sp³-hybridized carbons (Fsp3) is 0.0308. The van der Waals surface area contributed by atoms with Crippen LogP contribution in [0, 0.1) is 0 Å². The van der Waals surface area contributed by atoms with Gasteiger partial charge in [-0.2, -0.15) is 0 Å². The number of allylic oxidation sites excluding steroid dienone is 6. The number of rotatable bonds is 9. The van der Waals surface area contributed by atoms with Gasteiger partial charge in [-0.15, -0.1) is 0 Å². The number of aromatic nitrogens is 1. The Morgan fingerprint density at radius 1 is 0.620 bits per heavy atom. The van der Waals surface area contributed by atoms with E-state index in [1.807, 2.05) is 85.8 Å². The number of hydrogen-bond donors (Lipinski definition) is 0. The van der Waals surface area contributed by atoms with Crippen molar-refractivity contribution in [1.82, 2.24) is 4.57 Å². The zero-order valence-corrected chi connectivity index (χ0v) is 39.4. The Morgan fingerprint density at radius 3 is 2.01 bits per heavy atom. The first kappa shape index (κ1) is 44.1. The van der Waals surface area contributed by atoms with Crippen LogP contribution < -0.4 is 15.5 Å². The topological polar surface area (TPSA) is 58.4 Å². The van der Waals surface area contributed by atoms with E-state index in [1.165, 1.54) is 0 Å². The number of furan rings is 1. The van der Waals surface area contributed by atoms with Crippen LogP contribution in [0.5, 0.6) is 0 Å². The monoisotopic (exact) mass is 915 g/mol. The minimum Gasteiger partial charge on any atom is -0.456 e. The molecule has 1 aliphatic heterocycles. The average molecular weight is 916 g/mol. The lowest BCUT2D eigenvalue weighted by Gasteiger charge is -2.25. The Kier molecular flexibility index (Phi) is 12.2. The molecule has 0 N–H and O–H groups in total. The van der Waals surface area contributed by atoms with Crippen LogP contribution in [0.25, 0.3) is 78.4 Å². The molecule has 11 rings (SSSR count). The van der Waals surface area contributed by atoms with Crippen LogP contribution in [0.3, 0.4) is 0 Å². The highest BCUT2D eigenvalue weighted by Gasteiger charge is 2.19. The number of anilines is 2. The number of amidine groups is 2. The van der Waals surface area contributed by atoms with E-state index >= 15 is 0 Å². The van der Waals surface area contributed by atoms with Crippen LogP contribution in [-0.4, -0.2) is 23.0 Å². The fourth-order valence-corrected chi connectivity index (χ4v) is 9.37. The van der Waals surface area contributed by atoms with Crippen molar-refractivity contribution in [3.63, 3.8) is 0 Å². The molecular formula is C65H49N5O. The largest absolute Gasteiger partial charge is 0.456 e. The smallest absolute Gasteiger partial charge is 0.160 e. The van der Waals surface area contributed by atoms with Gasteiger partial charge in [0.05, 0.1) is 23.3 Å². The molecule has 0 fully saturated rings. The highest BCUT2D eigenvalue weighted by molar-refractivity contribution is 6.18. The van der Waals surface area contributed by atoms with E-state index in [2.05, 4.69) is 192 Å². The van der Waals surface area contributed by atoms with E-state index in [-0.39, 0.29) is 0 Å². The molecule has 0 saturated heterocycles. The zero-order valence-electron chi connectivity index (χ0n) is 39.4. The lowest BCUT2D eigenvalue weighted by atomic mass is 9.95. The molecular weight excluding hydrogens is 867 g/mol. The third-order valence-corrected chi connectivity index (χ3v) is 12.9. The van der Waals surface area contributed by atoms with E-state index in [0.717, 1.165) is 99.6 Å². The van der Waals surface area contributed by atoms with Gasteiger partial charge in [0.1, 0.15) is 11.0 Å². The Bertz CT molecular complexity index is 3930. The van der Waals surface area contributed by atoms with Crippen LogP contribution in [0.2, 0.25) is 0 Å². The van der Waals surface area contributed by atoms with E-state index in [9.17, 15) is 0 Å². The van der Waals surface area contributed by atoms with Crippen molar-refractivity contribution in [3.05, 3.63) is 265 Å². The quantitative estimate of drug-likeness (QED) is 0.107. The normalized spacial score (nSPS) is 14.6. The summed E-state index contributed by atoms with van der Waals surface area (Å²) in [5.74, 6) is 0.994. The Hall–Kier alpha value is -9.39. The van der Waals surface area contributed by atoms with Crippen molar-refractivity contribution >= 4 is 80.3 Å². The van der Waals surface area contributed by atoms with E-state index in [0.29, 0.717) is 23.6 Å². The molecule has 71 heavy (non-hydrogen) atoms. The molecule has 6 nitrogen and oxygen atoms in total. The van der Waals surface area contributed by atoms with Gasteiger partial charge in [0.2, 0.25) is 0 Å². The van der Waals surface area contributed by atoms with E-state index in [1.54, 1.807) is 0 Å². The van der Waals surface area contributed by atoms with E-state index < -0.39 is 0 Å². The highest BCUT2D eigenvalue weighted by atomic mass is 16.3. The molecule has 0 unspecified atom stereocenters. The first-order valence-corrected chi connectivity index (χ1v) is 23.8. The summed E-state index contributed by atoms with van der Waals surface area (Å²) in [6.07, 6.45) is 16.3. The van der Waals surface area contributed by atoms with Crippen molar-refractivity contribution in [3.8, 4) is 27.9 Å². The van der Waals surface area contributed by atoms with Gasteiger partial charge in [0, 0.05) is 50.1 Å². The average Bonchev–Trinajstić information content (AvgIpc) is 3.94. The number of hydrogen-bond acceptors (Lipinski definition) is 3. The summed E-state index contributed by atoms with van der Waals surface area (Å²) in [5.41, 5.74) is 15.3. The summed E-state index contributed by atoms with van der Waals surface area (Å²) >= 11 is 0. The summed E-state index contributed by atoms with van der Waals surface area (Å²) < 4.78 is 8.96. The van der Waals surface area contributed by atoms with Crippen LogP contribution in [-0.2, 0) is 6.54 Å². The van der Waals surface area contributed by atoms with Gasteiger partial charge >= 0.3 is 0 Å². The molecule has 0 radical (unpaired) electrons. The van der Waals surface area contributed by atoms with Gasteiger partial charge in [-0.1, -0.05) is 158 Å². The molecule has 0 spiro atoms. The second-order valence-corrected chi connectivity index (χ2v) is 17.3. The predicted octanol–water partition coefficient (Wildman–Crippen LogP) is 15.0. The SMILES string of the molecule is C=NC(=NC(C=c1/c(=C\C=C/C)oc2ccc(-c3ccc4c(c3)c3ccc(-c5ccc6c(c5)C(=C)/C=C\C=C/N6c5ccccc5)cc3n4-c3ccccc3)cc12)=NCc1ccccc1)c1ccccc1. The third kappa shape index (κ3) is 8.94. The van der Waals surface area contributed by atoms with Crippen LogP contribution in [0.15, 0.2) is 257 Å². The second-order valence-electron chi connectivity index (χ2n) is 17.3. The summed E-state index contributed by atoms with van der Waals surface area (Å²) in [4.78, 5) is 16.6. The minimum absolute atomic E-state index is 0.439. The molecule has 10 aromatic rings. The number of benzene rings is 8. The summed E-state index contributed by atoms with van der Waals surface area (Å²) in [5, 5.41) is 4.14. The van der Waals surface area contributed by atoms with Crippen LogP contribution >= 0.6 is 0 Å². The molecule has 3 heterocycles. The number of aliphatic imine (C=N–C) groups is 3. The van der Waals surface area contributed by atoms with Gasteiger partial charge < -0.3 is 13.9 Å². The lowest BCUT2D eigenvalue weighted by molar-refractivity contribution is 0.576. The van der Waals surface area contributed by atoms with E-state index in [4.69, 9.17) is 14.4 Å². The maximum absolute atomic E-state index is 6.58. The van der Waals surface area contributed by atoms with Crippen molar-refractivity contribution in [2.45, 2.75) is 13.5 Å². The van der Waals surface area contributed by atoms with Gasteiger partial charge in [0.15, 0.2) is 11.7 Å². The minimum atomic E-state index is 0.439. The predicted molar refractivity (Wildman–Crippen MR) is 300 cm³/mol. The second kappa shape index (κ2) is 19.7. The van der Waals surface area contributed by atoms with Gasteiger partial charge in [-0.05, 0) is 132 Å². The summed E-state index contributed by atoms with van der Waals surface area (Å²) in [6, 6.07) is 67.9. The van der Waals surface area contributed by atoms with Crippen molar-refractivity contribution in [1.29, 1.82) is 0 Å². The number of nitrogens with zero attached hydrogens (tertiary/aromatic N) is 5. The van der Waals surface area contributed by atoms with Crippen molar-refractivity contribution in [2.75, 3.05) is 4.90 Å². The van der Waals surface area contributed by atoms with Crippen LogP contribution in [0.1, 0.15) is 23.6 Å². The molecule has 0 atom stereocenters. The molecule has 0 saturated carbocycles. The standard InChI is InChI=1S/C65H49N5O/c1-4-5-29-62-58(43-64(67-44-46-21-10-6-11-22-46)68-65(66-3)47-23-12-7-13-24-47)57-41-50(33-37-63(57)71-62)49-32-36-60-56(40-49)54-34-30-51(42-61(54)70(60)53-27-16-9-17-28-53)48-31-35-59-55(39-48)45(2)20-18-19-38-69(59)52-25-14-8-15-26-52/h4-43H,2-3,44H2,1H3/b5-4-,20-18-,38-19-,58-43?,62-29+,67-64?,68-65?. The molecule has 0 amide bonds. The summed E-state index contributed by atoms with van der Waals surface area (Å²) in [6.45, 7) is 10.8. The number of fused-ring (bicyclic) bond motifs is 5. The van der Waals surface area contributed by atoms with Gasteiger partial charge in [0.25, 0.3) is 0 Å². The molecule has 0 bridgehead atoms. The van der Waals surface area contributed by atoms with Gasteiger partial charge in [-0.25, -0.2) is 9.98 Å². The molecule has 1 aliphatic rings. The lowest BCUT2D eigenvalue weighted by Crippen LogP contribution is -2.21. The zero-order chi connectivity index (χ0) is 48.1. The van der Waals surface area contributed by atoms with Crippen molar-refractivity contribution < 1.29 is 4.42 Å². The third-order valence-electron chi connectivity index (χ3n) is 12.9. The Labute approximate surface area is 413 Å². The van der Waals surface area contributed by atoms with Gasteiger partial charge in [-0.3, -0.25) is 4.99 Å². The van der Waals surface area contributed by atoms with Crippen LogP contribution in [0.4, 0.5) is 11.4 Å². The first-order chi connectivity index (χ1) is 35.0. The molecule has 6 heteroatoms. The Morgan fingerprint density at radius 2 is 1.27 bits per heavy atom. The van der Waals surface area contributed by atoms with Crippen molar-refractivity contribution in [2.24, 2.45) is 15.0 Å². The fourth-order valence-electron chi connectivity index (χ4n) is 9.37. The molecule has 340 valence electrons. The maximum Gasteiger partial charge on any atom is 0.160 e. The summed E-state index contributed by atoms with van der Waals surface area (Å²) in [7, 11) is 0. The molecule has 8 aromatic carbocycles. The highest BCUT2D eigenvalue weighted by Crippen LogP contribution is 2.40. The maximum atomic E-state index is 6.58. The molecule has 0 aliphatic carbocycles. The first-order valence-electron chi connectivity index (χ1n) is 23.8. The molecule has 2 aromatic heterocycles. The Balaban J connectivity index is 1.05.